The van der Waals surface area contributed by atoms with E-state index in [0.717, 1.165) is 10.9 Å². The molecule has 0 radical (unpaired) electrons. The van der Waals surface area contributed by atoms with Gasteiger partial charge in [0.05, 0.1) is 5.52 Å². The van der Waals surface area contributed by atoms with Gasteiger partial charge in [-0.05, 0) is 32.4 Å². The molecule has 0 spiro atoms. The van der Waals surface area contributed by atoms with E-state index in [-0.39, 0.29) is 12.2 Å². The molecule has 1 aromatic carbocycles. The molecule has 106 valence electrons. The summed E-state index contributed by atoms with van der Waals surface area (Å²) in [4.78, 5) is 15.8. The summed E-state index contributed by atoms with van der Waals surface area (Å²) in [6, 6.07) is 8.99. The molecular formula is C15H18N2O3. The van der Waals surface area contributed by atoms with Crippen LogP contribution in [0.2, 0.25) is 0 Å². The van der Waals surface area contributed by atoms with Crippen LogP contribution in [-0.2, 0) is 0 Å². The summed E-state index contributed by atoms with van der Waals surface area (Å²) >= 11 is 0. The molecule has 0 aliphatic rings. The monoisotopic (exact) mass is 274 g/mol. The lowest BCUT2D eigenvalue weighted by atomic mass is 10.0. The molecule has 3 N–H and O–H groups in total. The highest BCUT2D eigenvalue weighted by Gasteiger charge is 2.21. The first-order valence-electron chi connectivity index (χ1n) is 6.45. The summed E-state index contributed by atoms with van der Waals surface area (Å²) < 4.78 is 0. The number of aromatic nitrogens is 1. The summed E-state index contributed by atoms with van der Waals surface area (Å²) in [5, 5.41) is 22.3. The summed E-state index contributed by atoms with van der Waals surface area (Å²) in [6.07, 6.45) is 0.501. The van der Waals surface area contributed by atoms with E-state index >= 15 is 0 Å². The Morgan fingerprint density at radius 2 is 2.05 bits per heavy atom. The van der Waals surface area contributed by atoms with Crippen LogP contribution in [0.3, 0.4) is 0 Å². The van der Waals surface area contributed by atoms with Crippen molar-refractivity contribution in [2.45, 2.75) is 25.8 Å². The maximum Gasteiger partial charge on any atom is 0.339 e. The lowest BCUT2D eigenvalue weighted by molar-refractivity contribution is 0.0697. The van der Waals surface area contributed by atoms with Crippen LogP contribution in [0.25, 0.3) is 10.9 Å². The maximum absolute atomic E-state index is 11.4. The van der Waals surface area contributed by atoms with E-state index in [2.05, 4.69) is 10.3 Å². The molecule has 0 saturated heterocycles. The fourth-order valence-electron chi connectivity index (χ4n) is 2.04. The predicted molar refractivity (Wildman–Crippen MR) is 78.1 cm³/mol. The van der Waals surface area contributed by atoms with Crippen molar-refractivity contribution >= 4 is 22.7 Å². The van der Waals surface area contributed by atoms with Gasteiger partial charge in [-0.25, -0.2) is 9.78 Å². The van der Waals surface area contributed by atoms with Crippen LogP contribution in [0, 0.1) is 0 Å². The normalized spacial score (nSPS) is 11.6. The van der Waals surface area contributed by atoms with Gasteiger partial charge in [0, 0.05) is 17.5 Å². The zero-order valence-electron chi connectivity index (χ0n) is 11.6. The van der Waals surface area contributed by atoms with Gasteiger partial charge in [0.1, 0.15) is 11.4 Å². The highest BCUT2D eigenvalue weighted by molar-refractivity contribution is 5.98. The van der Waals surface area contributed by atoms with Crippen molar-refractivity contribution in [1.82, 2.24) is 4.98 Å². The second-order valence-electron chi connectivity index (χ2n) is 5.36. The molecule has 2 rings (SSSR count). The molecule has 0 fully saturated rings. The minimum Gasteiger partial charge on any atom is -0.478 e. The topological polar surface area (TPSA) is 82.5 Å². The van der Waals surface area contributed by atoms with Gasteiger partial charge in [0.25, 0.3) is 0 Å². The fourth-order valence-corrected chi connectivity index (χ4v) is 2.04. The molecule has 1 heterocycles. The SMILES string of the molecule is CC(C)(CCO)Nc1nc2ccccc2cc1C(=O)O. The Balaban J connectivity index is 2.50. The molecule has 20 heavy (non-hydrogen) atoms. The summed E-state index contributed by atoms with van der Waals surface area (Å²) in [7, 11) is 0. The number of aliphatic hydroxyl groups is 1. The van der Waals surface area contributed by atoms with Crippen LogP contribution in [0.5, 0.6) is 0 Å². The molecule has 0 amide bonds. The number of aromatic carboxylic acids is 1. The van der Waals surface area contributed by atoms with E-state index in [9.17, 15) is 9.90 Å². The maximum atomic E-state index is 11.4. The molecule has 0 aliphatic carbocycles. The molecule has 5 heteroatoms. The number of pyridine rings is 1. The van der Waals surface area contributed by atoms with Crippen molar-refractivity contribution < 1.29 is 15.0 Å². The smallest absolute Gasteiger partial charge is 0.339 e. The lowest BCUT2D eigenvalue weighted by Crippen LogP contribution is -2.33. The van der Waals surface area contributed by atoms with Crippen molar-refractivity contribution in [3.05, 3.63) is 35.9 Å². The fraction of sp³-hybridized carbons (Fsp3) is 0.333. The van der Waals surface area contributed by atoms with Crippen LogP contribution in [-0.4, -0.2) is 33.3 Å². The second-order valence-corrected chi connectivity index (χ2v) is 5.36. The average molecular weight is 274 g/mol. The zero-order chi connectivity index (χ0) is 14.8. The average Bonchev–Trinajstić information content (AvgIpc) is 2.37. The van der Waals surface area contributed by atoms with Gasteiger partial charge in [-0.15, -0.1) is 0 Å². The Morgan fingerprint density at radius 3 is 2.70 bits per heavy atom. The van der Waals surface area contributed by atoms with Crippen molar-refractivity contribution in [2.24, 2.45) is 0 Å². The van der Waals surface area contributed by atoms with Crippen molar-refractivity contribution in [1.29, 1.82) is 0 Å². The number of anilines is 1. The van der Waals surface area contributed by atoms with E-state index in [1.165, 1.54) is 0 Å². The van der Waals surface area contributed by atoms with Crippen molar-refractivity contribution in [3.8, 4) is 0 Å². The van der Waals surface area contributed by atoms with Crippen molar-refractivity contribution in [3.63, 3.8) is 0 Å². The Morgan fingerprint density at radius 1 is 1.35 bits per heavy atom. The van der Waals surface area contributed by atoms with Gasteiger partial charge in [0.2, 0.25) is 0 Å². The zero-order valence-corrected chi connectivity index (χ0v) is 11.6. The van der Waals surface area contributed by atoms with Crippen molar-refractivity contribution in [2.75, 3.05) is 11.9 Å². The van der Waals surface area contributed by atoms with E-state index < -0.39 is 11.5 Å². The minimum atomic E-state index is -1.02. The van der Waals surface area contributed by atoms with E-state index in [0.29, 0.717) is 12.2 Å². The standard InChI is InChI=1S/C15H18N2O3/c1-15(2,7-8-18)17-13-11(14(19)20)9-10-5-3-4-6-12(10)16-13/h3-6,9,18H,7-8H2,1-2H3,(H,16,17)(H,19,20). The van der Waals surface area contributed by atoms with Gasteiger partial charge in [-0.2, -0.15) is 0 Å². The number of rotatable bonds is 5. The molecule has 0 atom stereocenters. The summed E-state index contributed by atoms with van der Waals surface area (Å²) in [6.45, 7) is 3.81. The highest BCUT2D eigenvalue weighted by atomic mass is 16.4. The number of nitrogens with one attached hydrogen (secondary N) is 1. The number of para-hydroxylation sites is 1. The van der Waals surface area contributed by atoms with Gasteiger partial charge < -0.3 is 15.5 Å². The minimum absolute atomic E-state index is 0.0238. The lowest BCUT2D eigenvalue weighted by Gasteiger charge is -2.27. The highest BCUT2D eigenvalue weighted by Crippen LogP contribution is 2.24. The van der Waals surface area contributed by atoms with E-state index in [4.69, 9.17) is 5.11 Å². The molecule has 5 nitrogen and oxygen atoms in total. The first-order chi connectivity index (χ1) is 9.43. The van der Waals surface area contributed by atoms with Gasteiger partial charge >= 0.3 is 5.97 Å². The molecule has 0 unspecified atom stereocenters. The first kappa shape index (κ1) is 14.3. The summed E-state index contributed by atoms with van der Waals surface area (Å²) in [5.41, 5.74) is 0.434. The van der Waals surface area contributed by atoms with Crippen LogP contribution in [0.4, 0.5) is 5.82 Å². The summed E-state index contributed by atoms with van der Waals surface area (Å²) in [5.74, 6) is -0.694. The number of benzene rings is 1. The molecule has 0 saturated carbocycles. The first-order valence-corrected chi connectivity index (χ1v) is 6.45. The van der Waals surface area contributed by atoms with Gasteiger partial charge in [-0.3, -0.25) is 0 Å². The van der Waals surface area contributed by atoms with Crippen LogP contribution < -0.4 is 5.32 Å². The number of hydrogen-bond acceptors (Lipinski definition) is 4. The number of hydrogen-bond donors (Lipinski definition) is 3. The Bertz CT molecular complexity index is 638. The van der Waals surface area contributed by atoms with Gasteiger partial charge in [-0.1, -0.05) is 18.2 Å². The third kappa shape index (κ3) is 3.05. The number of nitrogens with zero attached hydrogens (tertiary/aromatic N) is 1. The number of carbonyl (C=O) groups is 1. The molecular weight excluding hydrogens is 256 g/mol. The third-order valence-corrected chi connectivity index (χ3v) is 3.15. The Kier molecular flexibility index (Phi) is 3.90. The number of fused-ring (bicyclic) bond motifs is 1. The molecule has 0 aliphatic heterocycles. The van der Waals surface area contributed by atoms with Crippen LogP contribution in [0.1, 0.15) is 30.6 Å². The predicted octanol–water partition coefficient (Wildman–Crippen LogP) is 2.51. The molecule has 1 aromatic heterocycles. The van der Waals surface area contributed by atoms with E-state index in [1.54, 1.807) is 6.07 Å². The number of carboxylic acid groups (broad SMARTS) is 1. The van der Waals surface area contributed by atoms with Crippen LogP contribution >= 0.6 is 0 Å². The third-order valence-electron chi connectivity index (χ3n) is 3.15. The largest absolute Gasteiger partial charge is 0.478 e. The number of carboxylic acids is 1. The van der Waals surface area contributed by atoms with Crippen LogP contribution in [0.15, 0.2) is 30.3 Å². The van der Waals surface area contributed by atoms with Gasteiger partial charge in [0.15, 0.2) is 0 Å². The quantitative estimate of drug-likeness (QED) is 0.780. The van der Waals surface area contributed by atoms with E-state index in [1.807, 2.05) is 38.1 Å². The second kappa shape index (κ2) is 5.46. The molecule has 0 bridgehead atoms. The number of aliphatic hydroxyl groups excluding tert-OH is 1. The Labute approximate surface area is 117 Å². The molecule has 2 aromatic rings. The Hall–Kier alpha value is -2.14.